The number of pyridine rings is 1. The fraction of sp³-hybridized carbons (Fsp3) is 0.125. The van der Waals surface area contributed by atoms with E-state index in [4.69, 9.17) is 0 Å². The summed E-state index contributed by atoms with van der Waals surface area (Å²) in [5, 5.41) is 6.56. The van der Waals surface area contributed by atoms with Crippen molar-refractivity contribution in [3.05, 3.63) is 122 Å². The van der Waals surface area contributed by atoms with Gasteiger partial charge in [0.2, 0.25) is 5.69 Å². The highest BCUT2D eigenvalue weighted by Crippen LogP contribution is 2.10. The number of rotatable bonds is 6. The summed E-state index contributed by atoms with van der Waals surface area (Å²) in [5.41, 5.74) is 0.00527. The SMILES string of the molecule is Cc1cccc(Cn2c(=O)c(C(=O)NCc3ccncc3)nn(-c3ccccc3F)c2=O)c1. The van der Waals surface area contributed by atoms with Crippen LogP contribution < -0.4 is 16.6 Å². The quantitative estimate of drug-likeness (QED) is 0.491. The van der Waals surface area contributed by atoms with Gasteiger partial charge in [0.15, 0.2) is 0 Å². The minimum atomic E-state index is -0.860. The van der Waals surface area contributed by atoms with Crippen LogP contribution in [0.25, 0.3) is 5.69 Å². The van der Waals surface area contributed by atoms with Gasteiger partial charge in [-0.1, -0.05) is 42.0 Å². The lowest BCUT2D eigenvalue weighted by Gasteiger charge is -2.13. The number of nitrogens with one attached hydrogen (secondary N) is 1. The number of carbonyl (C=O) groups is 1. The van der Waals surface area contributed by atoms with Gasteiger partial charge >= 0.3 is 5.69 Å². The third-order valence-corrected chi connectivity index (χ3v) is 4.98. The maximum absolute atomic E-state index is 14.5. The molecule has 4 rings (SSSR count). The van der Waals surface area contributed by atoms with Gasteiger partial charge in [0, 0.05) is 18.9 Å². The number of halogens is 1. The lowest BCUT2D eigenvalue weighted by molar-refractivity contribution is 0.0941. The Morgan fingerprint density at radius 3 is 2.48 bits per heavy atom. The van der Waals surface area contributed by atoms with E-state index in [0.29, 0.717) is 5.56 Å². The zero-order chi connectivity index (χ0) is 23.4. The Kier molecular flexibility index (Phi) is 6.21. The van der Waals surface area contributed by atoms with Crippen molar-refractivity contribution in [2.24, 2.45) is 0 Å². The molecule has 0 radical (unpaired) electrons. The lowest BCUT2D eigenvalue weighted by atomic mass is 10.1. The molecule has 0 unspecified atom stereocenters. The molecule has 8 nitrogen and oxygen atoms in total. The Morgan fingerprint density at radius 1 is 1.00 bits per heavy atom. The van der Waals surface area contributed by atoms with Crippen molar-refractivity contribution in [2.75, 3.05) is 0 Å². The second kappa shape index (κ2) is 9.39. The summed E-state index contributed by atoms with van der Waals surface area (Å²) in [6, 6.07) is 16.2. The molecule has 0 saturated carbocycles. The molecule has 0 spiro atoms. The van der Waals surface area contributed by atoms with Gasteiger partial charge in [0.05, 0.1) is 6.54 Å². The lowest BCUT2D eigenvalue weighted by Crippen LogP contribution is -2.46. The van der Waals surface area contributed by atoms with E-state index in [0.717, 1.165) is 20.4 Å². The standard InChI is InChI=1S/C24H20FN5O3/c1-16-5-4-6-18(13-16)15-29-23(32)21(22(31)27-14-17-9-11-26-12-10-17)28-30(24(29)33)20-8-3-2-7-19(20)25/h2-13H,14-15H2,1H3,(H,27,31). The molecule has 1 N–H and O–H groups in total. The maximum Gasteiger partial charge on any atom is 0.352 e. The molecule has 0 atom stereocenters. The van der Waals surface area contributed by atoms with Gasteiger partial charge in [-0.3, -0.25) is 19.1 Å². The molecule has 0 aliphatic rings. The van der Waals surface area contributed by atoms with Crippen LogP contribution >= 0.6 is 0 Å². The van der Waals surface area contributed by atoms with Gasteiger partial charge in [-0.05, 0) is 42.3 Å². The fourth-order valence-corrected chi connectivity index (χ4v) is 3.34. The number of para-hydroxylation sites is 1. The molecule has 166 valence electrons. The molecule has 2 aromatic carbocycles. The fourth-order valence-electron chi connectivity index (χ4n) is 3.34. The van der Waals surface area contributed by atoms with E-state index in [-0.39, 0.29) is 18.8 Å². The second-order valence-electron chi connectivity index (χ2n) is 7.41. The van der Waals surface area contributed by atoms with E-state index in [1.165, 1.54) is 24.3 Å². The summed E-state index contributed by atoms with van der Waals surface area (Å²) >= 11 is 0. The molecule has 33 heavy (non-hydrogen) atoms. The molecule has 0 saturated heterocycles. The molecule has 2 heterocycles. The first-order valence-electron chi connectivity index (χ1n) is 10.2. The van der Waals surface area contributed by atoms with Crippen molar-refractivity contribution in [1.82, 2.24) is 24.6 Å². The number of hydrogen-bond acceptors (Lipinski definition) is 5. The van der Waals surface area contributed by atoms with Crippen LogP contribution in [-0.4, -0.2) is 25.2 Å². The highest BCUT2D eigenvalue weighted by molar-refractivity contribution is 5.91. The number of hydrogen-bond donors (Lipinski definition) is 1. The minimum Gasteiger partial charge on any atom is -0.346 e. The molecule has 0 aliphatic carbocycles. The van der Waals surface area contributed by atoms with Crippen LogP contribution in [-0.2, 0) is 13.1 Å². The van der Waals surface area contributed by atoms with Gasteiger partial charge in [0.25, 0.3) is 11.5 Å². The van der Waals surface area contributed by atoms with Crippen LogP contribution in [0.3, 0.4) is 0 Å². The van der Waals surface area contributed by atoms with Crippen LogP contribution in [0.4, 0.5) is 4.39 Å². The monoisotopic (exact) mass is 445 g/mol. The minimum absolute atomic E-state index is 0.0963. The topological polar surface area (TPSA) is 98.9 Å². The van der Waals surface area contributed by atoms with Crippen LogP contribution in [0, 0.1) is 12.7 Å². The molecular weight excluding hydrogens is 425 g/mol. The summed E-state index contributed by atoms with van der Waals surface area (Å²) in [7, 11) is 0. The van der Waals surface area contributed by atoms with Gasteiger partial charge in [-0.15, -0.1) is 0 Å². The molecule has 1 amide bonds. The van der Waals surface area contributed by atoms with E-state index in [9.17, 15) is 18.8 Å². The number of nitrogens with zero attached hydrogens (tertiary/aromatic N) is 4. The molecule has 0 aliphatic heterocycles. The van der Waals surface area contributed by atoms with Gasteiger partial charge in [-0.2, -0.15) is 9.78 Å². The second-order valence-corrected chi connectivity index (χ2v) is 7.41. The molecule has 9 heteroatoms. The highest BCUT2D eigenvalue weighted by Gasteiger charge is 2.21. The number of benzene rings is 2. The normalized spacial score (nSPS) is 10.7. The Morgan fingerprint density at radius 2 is 1.76 bits per heavy atom. The summed E-state index contributed by atoms with van der Waals surface area (Å²) in [5.74, 6) is -1.49. The first kappa shape index (κ1) is 21.8. The summed E-state index contributed by atoms with van der Waals surface area (Å²) in [6.07, 6.45) is 3.15. The largest absolute Gasteiger partial charge is 0.352 e. The highest BCUT2D eigenvalue weighted by atomic mass is 19.1. The Balaban J connectivity index is 1.81. The first-order valence-corrected chi connectivity index (χ1v) is 10.2. The number of carbonyl (C=O) groups excluding carboxylic acids is 1. The number of aromatic nitrogens is 4. The van der Waals surface area contributed by atoms with Crippen LogP contribution in [0.1, 0.15) is 27.2 Å². The van der Waals surface area contributed by atoms with Crippen molar-refractivity contribution >= 4 is 5.91 Å². The van der Waals surface area contributed by atoms with Crippen molar-refractivity contribution in [2.45, 2.75) is 20.0 Å². The van der Waals surface area contributed by atoms with E-state index in [1.807, 2.05) is 19.1 Å². The first-order chi connectivity index (χ1) is 15.9. The third-order valence-electron chi connectivity index (χ3n) is 4.98. The van der Waals surface area contributed by atoms with Crippen molar-refractivity contribution in [3.8, 4) is 5.69 Å². The van der Waals surface area contributed by atoms with Crippen molar-refractivity contribution in [1.29, 1.82) is 0 Å². The van der Waals surface area contributed by atoms with Crippen LogP contribution in [0.2, 0.25) is 0 Å². The Bertz CT molecular complexity index is 1430. The smallest absolute Gasteiger partial charge is 0.346 e. The zero-order valence-corrected chi connectivity index (χ0v) is 17.7. The van der Waals surface area contributed by atoms with Crippen molar-refractivity contribution < 1.29 is 9.18 Å². The molecule has 0 bridgehead atoms. The third kappa shape index (κ3) is 4.77. The van der Waals surface area contributed by atoms with Gasteiger partial charge < -0.3 is 5.32 Å². The maximum atomic E-state index is 14.5. The predicted octanol–water partition coefficient (Wildman–Crippen LogP) is 2.22. The van der Waals surface area contributed by atoms with E-state index >= 15 is 0 Å². The van der Waals surface area contributed by atoms with Crippen LogP contribution in [0.15, 0.2) is 82.6 Å². The van der Waals surface area contributed by atoms with Gasteiger partial charge in [-0.25, -0.2) is 9.18 Å². The van der Waals surface area contributed by atoms with E-state index in [1.54, 1.807) is 36.7 Å². The number of aryl methyl sites for hydroxylation is 1. The predicted molar refractivity (Wildman–Crippen MR) is 120 cm³/mol. The van der Waals surface area contributed by atoms with Gasteiger partial charge in [0.1, 0.15) is 11.5 Å². The molecular formula is C24H20FN5O3. The van der Waals surface area contributed by atoms with Crippen molar-refractivity contribution in [3.63, 3.8) is 0 Å². The molecule has 0 fully saturated rings. The van der Waals surface area contributed by atoms with E-state index < -0.39 is 28.7 Å². The zero-order valence-electron chi connectivity index (χ0n) is 17.7. The molecule has 2 aromatic heterocycles. The summed E-state index contributed by atoms with van der Waals surface area (Å²) in [4.78, 5) is 43.0. The Hall–Kier alpha value is -4.40. The summed E-state index contributed by atoms with van der Waals surface area (Å²) in [6.45, 7) is 1.91. The Labute approximate surface area is 188 Å². The number of amides is 1. The van der Waals surface area contributed by atoms with E-state index in [2.05, 4.69) is 15.4 Å². The summed E-state index contributed by atoms with van der Waals surface area (Å²) < 4.78 is 16.1. The average Bonchev–Trinajstić information content (AvgIpc) is 2.82. The van der Waals surface area contributed by atoms with Crippen LogP contribution in [0.5, 0.6) is 0 Å². The molecule has 4 aromatic rings. The average molecular weight is 445 g/mol.